The van der Waals surface area contributed by atoms with E-state index in [9.17, 15) is 22.8 Å². The molecule has 1 aliphatic heterocycles. The van der Waals surface area contributed by atoms with E-state index in [4.69, 9.17) is 11.6 Å². The molecular weight excluding hydrogens is 507 g/mol. The fourth-order valence-corrected chi connectivity index (χ4v) is 7.15. The Morgan fingerprint density at radius 2 is 1.94 bits per heavy atom. The molecule has 8 nitrogen and oxygen atoms in total. The summed E-state index contributed by atoms with van der Waals surface area (Å²) >= 11 is 6.04. The summed E-state index contributed by atoms with van der Waals surface area (Å²) in [5.41, 5.74) is 0.993. The van der Waals surface area contributed by atoms with Gasteiger partial charge in [0.25, 0.3) is 0 Å². The third-order valence-corrected chi connectivity index (χ3v) is 9.44. The highest BCUT2D eigenvalue weighted by Gasteiger charge is 2.41. The normalized spacial score (nSPS) is 17.9. The topological polar surface area (TPSA) is 104 Å². The van der Waals surface area contributed by atoms with Crippen molar-refractivity contribution >= 4 is 28.0 Å². The lowest BCUT2D eigenvalue weighted by Gasteiger charge is -2.38. The molecule has 1 N–H and O–H groups in total. The Hall–Kier alpha value is -2.14. The van der Waals surface area contributed by atoms with Crippen molar-refractivity contribution in [3.63, 3.8) is 0 Å². The van der Waals surface area contributed by atoms with Gasteiger partial charge in [-0.05, 0) is 75.1 Å². The second-order valence-corrected chi connectivity index (χ2v) is 12.4. The van der Waals surface area contributed by atoms with E-state index in [-0.39, 0.29) is 12.8 Å². The zero-order valence-corrected chi connectivity index (χ0v) is 22.5. The molecule has 0 aliphatic carbocycles. The first-order valence-electron chi connectivity index (χ1n) is 12.1. The van der Waals surface area contributed by atoms with Crippen LogP contribution in [0.15, 0.2) is 30.6 Å². The van der Waals surface area contributed by atoms with Crippen LogP contribution >= 0.6 is 11.6 Å². The van der Waals surface area contributed by atoms with Crippen LogP contribution in [-0.2, 0) is 21.2 Å². The van der Waals surface area contributed by atoms with E-state index in [0.717, 1.165) is 48.7 Å². The van der Waals surface area contributed by atoms with E-state index in [1.807, 2.05) is 25.1 Å². The molecule has 198 valence electrons. The summed E-state index contributed by atoms with van der Waals surface area (Å²) in [4.78, 5) is 19.3. The van der Waals surface area contributed by atoms with Crippen LogP contribution in [-0.4, -0.2) is 63.8 Å². The summed E-state index contributed by atoms with van der Waals surface area (Å²) in [7, 11) is -3.78. The van der Waals surface area contributed by atoms with Gasteiger partial charge in [-0.3, -0.25) is 10.0 Å². The first-order chi connectivity index (χ1) is 16.9. The number of aryl methyl sites for hydroxylation is 2. The lowest BCUT2D eigenvalue weighted by atomic mass is 9.90. The summed E-state index contributed by atoms with van der Waals surface area (Å²) in [5.74, 6) is -0.744. The van der Waals surface area contributed by atoms with Crippen molar-refractivity contribution in [2.24, 2.45) is 5.92 Å². The number of aromatic nitrogens is 2. The average molecular weight is 541 g/mol. The van der Waals surface area contributed by atoms with E-state index < -0.39 is 33.1 Å². The molecule has 1 aromatic heterocycles. The molecular formula is C25H34ClFN4O4S. The van der Waals surface area contributed by atoms with Crippen LogP contribution in [0, 0.1) is 18.7 Å². The van der Waals surface area contributed by atoms with Gasteiger partial charge in [0.05, 0.1) is 23.7 Å². The first-order valence-corrected chi connectivity index (χ1v) is 14.1. The van der Waals surface area contributed by atoms with Gasteiger partial charge in [-0.15, -0.1) is 0 Å². The Balaban J connectivity index is 1.61. The van der Waals surface area contributed by atoms with Crippen molar-refractivity contribution < 1.29 is 22.8 Å². The van der Waals surface area contributed by atoms with Crippen LogP contribution in [0.2, 0.25) is 5.02 Å². The number of hydrogen-bond donors (Lipinski definition) is 1. The van der Waals surface area contributed by atoms with Gasteiger partial charge in [0.1, 0.15) is 5.82 Å². The minimum absolute atomic E-state index is 0.0734. The lowest BCUT2D eigenvalue weighted by Crippen LogP contribution is -2.53. The minimum Gasteiger partial charge on any atom is -0.286 e. The fraction of sp³-hybridized carbons (Fsp3) is 0.560. The highest BCUT2D eigenvalue weighted by Crippen LogP contribution is 2.31. The summed E-state index contributed by atoms with van der Waals surface area (Å²) in [6.45, 7) is 6.09. The zero-order chi connectivity index (χ0) is 26.5. The quantitative estimate of drug-likeness (QED) is 0.258. The van der Waals surface area contributed by atoms with E-state index >= 15 is 0 Å². The van der Waals surface area contributed by atoms with E-state index in [1.54, 1.807) is 6.92 Å². The molecule has 1 amide bonds. The standard InChI is InChI=1S/C25H34ClFN4O4S/c1-18-12-22(26)7-6-21(18)5-4-20-8-10-30(11-9-20)36(34,35)16-25(3,31(33)17-32)13-19(2)24-28-14-23(27)15-29-24/h6-7,12,14-15,17,19-20,33H,4-5,8-11,13,16H2,1-3H3/t19-,25-/m0/s1. The van der Waals surface area contributed by atoms with Crippen molar-refractivity contribution in [1.82, 2.24) is 19.3 Å². The van der Waals surface area contributed by atoms with Gasteiger partial charge in [-0.1, -0.05) is 24.6 Å². The molecule has 1 aliphatic rings. The van der Waals surface area contributed by atoms with Gasteiger partial charge < -0.3 is 0 Å². The van der Waals surface area contributed by atoms with Crippen molar-refractivity contribution in [2.45, 2.75) is 64.3 Å². The number of benzene rings is 1. The molecule has 1 aromatic carbocycles. The maximum Gasteiger partial charge on any atom is 0.233 e. The monoisotopic (exact) mass is 540 g/mol. The second kappa shape index (κ2) is 11.9. The number of piperidine rings is 1. The Kier molecular flexibility index (Phi) is 9.43. The largest absolute Gasteiger partial charge is 0.286 e. The van der Waals surface area contributed by atoms with Gasteiger partial charge in [0, 0.05) is 24.0 Å². The number of hydroxylamine groups is 2. The third-order valence-electron chi connectivity index (χ3n) is 7.07. The van der Waals surface area contributed by atoms with Crippen LogP contribution in [0.4, 0.5) is 4.39 Å². The van der Waals surface area contributed by atoms with Crippen molar-refractivity contribution in [3.05, 3.63) is 58.4 Å². The maximum absolute atomic E-state index is 13.3. The molecule has 0 bridgehead atoms. The SMILES string of the molecule is Cc1cc(Cl)ccc1CCC1CCN(S(=O)(=O)C[C@](C)(C[C@H](C)c2ncc(F)cn2)N(O)C=O)CC1. The Morgan fingerprint density at radius 1 is 1.31 bits per heavy atom. The minimum atomic E-state index is -3.78. The number of carbonyl (C=O) groups is 1. The molecule has 36 heavy (non-hydrogen) atoms. The number of hydrogen-bond acceptors (Lipinski definition) is 6. The number of carbonyl (C=O) groups excluding carboxylic acids is 1. The predicted molar refractivity (Wildman–Crippen MR) is 136 cm³/mol. The number of sulfonamides is 1. The zero-order valence-electron chi connectivity index (χ0n) is 20.9. The molecule has 0 spiro atoms. The molecule has 11 heteroatoms. The van der Waals surface area contributed by atoms with Crippen molar-refractivity contribution in [1.29, 1.82) is 0 Å². The summed E-state index contributed by atoms with van der Waals surface area (Å²) in [6.07, 6.45) is 5.73. The maximum atomic E-state index is 13.3. The first kappa shape index (κ1) is 28.4. The number of nitrogens with zero attached hydrogens (tertiary/aromatic N) is 4. The average Bonchev–Trinajstić information content (AvgIpc) is 2.83. The third kappa shape index (κ3) is 7.21. The van der Waals surface area contributed by atoms with Crippen LogP contribution in [0.25, 0.3) is 0 Å². The van der Waals surface area contributed by atoms with Crippen LogP contribution in [0.5, 0.6) is 0 Å². The van der Waals surface area contributed by atoms with Gasteiger partial charge in [-0.2, -0.15) is 0 Å². The highest BCUT2D eigenvalue weighted by atomic mass is 35.5. The molecule has 2 atom stereocenters. The van der Waals surface area contributed by atoms with E-state index in [2.05, 4.69) is 9.97 Å². The number of rotatable bonds is 11. The van der Waals surface area contributed by atoms with Gasteiger partial charge in [0.2, 0.25) is 16.4 Å². The summed E-state index contributed by atoms with van der Waals surface area (Å²) in [5, 5.41) is 11.4. The molecule has 3 rings (SSSR count). The van der Waals surface area contributed by atoms with Gasteiger partial charge in [0.15, 0.2) is 5.82 Å². The predicted octanol–water partition coefficient (Wildman–Crippen LogP) is 4.35. The van der Waals surface area contributed by atoms with Gasteiger partial charge in [-0.25, -0.2) is 32.1 Å². The number of amides is 1. The van der Waals surface area contributed by atoms with E-state index in [0.29, 0.717) is 29.9 Å². The van der Waals surface area contributed by atoms with Crippen molar-refractivity contribution in [3.8, 4) is 0 Å². The van der Waals surface area contributed by atoms with Crippen molar-refractivity contribution in [2.75, 3.05) is 18.8 Å². The fourth-order valence-electron chi connectivity index (χ4n) is 4.93. The molecule has 1 saturated heterocycles. The van der Waals surface area contributed by atoms with Crippen LogP contribution in [0.1, 0.15) is 62.4 Å². The molecule has 2 heterocycles. The molecule has 0 saturated carbocycles. The Bertz CT molecular complexity index is 1140. The Labute approximate surface area is 217 Å². The van der Waals surface area contributed by atoms with Crippen LogP contribution in [0.3, 0.4) is 0 Å². The molecule has 1 fully saturated rings. The Morgan fingerprint density at radius 3 is 2.53 bits per heavy atom. The number of halogens is 2. The molecule has 0 unspecified atom stereocenters. The second-order valence-electron chi connectivity index (χ2n) is 10.0. The lowest BCUT2D eigenvalue weighted by molar-refractivity contribution is -0.175. The summed E-state index contributed by atoms with van der Waals surface area (Å²) < 4.78 is 41.3. The van der Waals surface area contributed by atoms with Gasteiger partial charge >= 0.3 is 0 Å². The highest BCUT2D eigenvalue weighted by molar-refractivity contribution is 7.89. The van der Waals surface area contributed by atoms with Crippen LogP contribution < -0.4 is 0 Å². The summed E-state index contributed by atoms with van der Waals surface area (Å²) in [6, 6.07) is 5.89. The smallest absolute Gasteiger partial charge is 0.233 e. The molecule has 2 aromatic rings. The van der Waals surface area contributed by atoms with E-state index in [1.165, 1.54) is 16.8 Å². The molecule has 0 radical (unpaired) electrons.